The van der Waals surface area contributed by atoms with Gasteiger partial charge in [0.2, 0.25) is 0 Å². The number of benzene rings is 1. The van der Waals surface area contributed by atoms with E-state index < -0.39 is 24.6 Å². The van der Waals surface area contributed by atoms with Crippen LogP contribution in [-0.2, 0) is 9.53 Å². The highest BCUT2D eigenvalue weighted by molar-refractivity contribution is 5.90. The zero-order valence-electron chi connectivity index (χ0n) is 18.0. The van der Waals surface area contributed by atoms with Crippen molar-refractivity contribution in [3.63, 3.8) is 0 Å². The van der Waals surface area contributed by atoms with Crippen molar-refractivity contribution >= 4 is 17.6 Å². The van der Waals surface area contributed by atoms with E-state index >= 15 is 0 Å². The fourth-order valence-corrected chi connectivity index (χ4v) is 4.01. The van der Waals surface area contributed by atoms with E-state index in [1.54, 1.807) is 24.3 Å². The second-order valence-corrected chi connectivity index (χ2v) is 8.37. The van der Waals surface area contributed by atoms with Crippen LogP contribution < -0.4 is 5.32 Å². The Kier molecular flexibility index (Phi) is 11.3. The fourth-order valence-electron chi connectivity index (χ4n) is 4.01. The van der Waals surface area contributed by atoms with E-state index in [1.807, 2.05) is 0 Å². The number of ether oxygens (including phenoxy) is 1. The summed E-state index contributed by atoms with van der Waals surface area (Å²) < 4.78 is 4.79. The molecule has 6 heteroatoms. The number of unbranched alkanes of at least 4 members (excludes halogenated alkanes) is 5. The highest BCUT2D eigenvalue weighted by Crippen LogP contribution is 2.28. The van der Waals surface area contributed by atoms with Crippen molar-refractivity contribution < 1.29 is 24.5 Å². The molecule has 0 saturated heterocycles. The van der Waals surface area contributed by atoms with Crippen molar-refractivity contribution in [2.75, 3.05) is 18.5 Å². The number of carbonyl (C=O) groups is 2. The first-order valence-corrected chi connectivity index (χ1v) is 11.5. The fraction of sp³-hybridized carbons (Fsp3) is 0.667. The molecule has 1 atom stereocenters. The molecule has 30 heavy (non-hydrogen) atoms. The third kappa shape index (κ3) is 9.61. The van der Waals surface area contributed by atoms with E-state index in [2.05, 4.69) is 5.32 Å². The van der Waals surface area contributed by atoms with Crippen LogP contribution in [0.1, 0.15) is 87.4 Å². The zero-order chi connectivity index (χ0) is 21.6. The molecule has 2 rings (SSSR count). The lowest BCUT2D eigenvalue weighted by atomic mass is 9.85. The molecule has 168 valence electrons. The number of aliphatic carboxylic acids is 1. The number of hydrogen-bond acceptors (Lipinski definition) is 5. The van der Waals surface area contributed by atoms with Crippen LogP contribution in [0, 0.1) is 5.92 Å². The van der Waals surface area contributed by atoms with Crippen LogP contribution in [0.3, 0.4) is 0 Å². The largest absolute Gasteiger partial charge is 0.479 e. The summed E-state index contributed by atoms with van der Waals surface area (Å²) in [6.45, 7) is 0.339. The van der Waals surface area contributed by atoms with Gasteiger partial charge in [-0.25, -0.2) is 9.59 Å². The van der Waals surface area contributed by atoms with Crippen LogP contribution >= 0.6 is 0 Å². The lowest BCUT2D eigenvalue weighted by molar-refractivity contribution is -0.148. The van der Waals surface area contributed by atoms with Crippen molar-refractivity contribution in [1.29, 1.82) is 0 Å². The summed E-state index contributed by atoms with van der Waals surface area (Å²) in [5.41, 5.74) is 1.26. The summed E-state index contributed by atoms with van der Waals surface area (Å²) >= 11 is 0. The van der Waals surface area contributed by atoms with Crippen molar-refractivity contribution in [3.05, 3.63) is 29.8 Å². The maximum absolute atomic E-state index is 11.8. The summed E-state index contributed by atoms with van der Waals surface area (Å²) in [6, 6.07) is 6.86. The van der Waals surface area contributed by atoms with Gasteiger partial charge < -0.3 is 20.3 Å². The molecule has 1 fully saturated rings. The van der Waals surface area contributed by atoms with E-state index in [0.717, 1.165) is 24.6 Å². The maximum Gasteiger partial charge on any atom is 0.338 e. The molecule has 0 radical (unpaired) electrons. The molecule has 0 aliphatic heterocycles. The van der Waals surface area contributed by atoms with Crippen LogP contribution in [0.5, 0.6) is 0 Å². The Morgan fingerprint density at radius 3 is 2.27 bits per heavy atom. The van der Waals surface area contributed by atoms with Gasteiger partial charge in [-0.2, -0.15) is 0 Å². The van der Waals surface area contributed by atoms with E-state index in [1.165, 1.54) is 70.6 Å². The standard InChI is InChI=1S/C24H37NO5/c26-22(23(27)28)18-30-24(29)20-13-15-21(16-14-20)25-17-9-4-2-1-3-6-10-19-11-7-5-8-12-19/h13-16,19,22,25-26H,1-12,17-18H2,(H,27,28). The number of aliphatic hydroxyl groups excluding tert-OH is 1. The first-order chi connectivity index (χ1) is 14.6. The van der Waals surface area contributed by atoms with Gasteiger partial charge in [0, 0.05) is 12.2 Å². The van der Waals surface area contributed by atoms with Crippen LogP contribution in [0.15, 0.2) is 24.3 Å². The van der Waals surface area contributed by atoms with Crippen LogP contribution in [0.2, 0.25) is 0 Å². The van der Waals surface area contributed by atoms with Crippen LogP contribution in [0.4, 0.5) is 5.69 Å². The van der Waals surface area contributed by atoms with Gasteiger partial charge in [-0.15, -0.1) is 0 Å². The molecular formula is C24H37NO5. The molecule has 0 aromatic heterocycles. The van der Waals surface area contributed by atoms with Crippen molar-refractivity contribution in [3.8, 4) is 0 Å². The maximum atomic E-state index is 11.8. The first-order valence-electron chi connectivity index (χ1n) is 11.5. The number of carboxylic acids is 1. The minimum Gasteiger partial charge on any atom is -0.479 e. The topological polar surface area (TPSA) is 95.9 Å². The molecule has 0 spiro atoms. The van der Waals surface area contributed by atoms with Gasteiger partial charge in [-0.1, -0.05) is 70.6 Å². The lowest BCUT2D eigenvalue weighted by Gasteiger charge is -2.21. The van der Waals surface area contributed by atoms with E-state index in [9.17, 15) is 9.59 Å². The highest BCUT2D eigenvalue weighted by atomic mass is 16.5. The molecule has 0 amide bonds. The summed E-state index contributed by atoms with van der Waals surface area (Å²) in [5.74, 6) is -1.06. The Labute approximate surface area is 180 Å². The average molecular weight is 420 g/mol. The van der Waals surface area contributed by atoms with E-state index in [-0.39, 0.29) is 0 Å². The molecule has 0 bridgehead atoms. The molecule has 1 saturated carbocycles. The average Bonchev–Trinajstić information content (AvgIpc) is 2.77. The number of carboxylic acid groups (broad SMARTS) is 1. The normalized spacial score (nSPS) is 15.5. The van der Waals surface area contributed by atoms with Crippen LogP contribution in [-0.4, -0.2) is 41.4 Å². The molecular weight excluding hydrogens is 382 g/mol. The molecule has 0 heterocycles. The van der Waals surface area contributed by atoms with Gasteiger partial charge in [0.1, 0.15) is 6.61 Å². The first kappa shape index (κ1) is 24.2. The third-order valence-electron chi connectivity index (χ3n) is 5.87. The van der Waals surface area contributed by atoms with Crippen LogP contribution in [0.25, 0.3) is 0 Å². The monoisotopic (exact) mass is 419 g/mol. The Morgan fingerprint density at radius 1 is 0.967 bits per heavy atom. The number of esters is 1. The molecule has 1 aliphatic carbocycles. The minimum absolute atomic E-state index is 0.325. The van der Waals surface area contributed by atoms with Crippen molar-refractivity contribution in [2.24, 2.45) is 5.92 Å². The Hall–Kier alpha value is -2.08. The molecule has 1 aliphatic rings. The number of carbonyl (C=O) groups excluding carboxylic acids is 1. The predicted molar refractivity (Wildman–Crippen MR) is 118 cm³/mol. The second-order valence-electron chi connectivity index (χ2n) is 8.37. The van der Waals surface area contributed by atoms with Crippen molar-refractivity contribution in [1.82, 2.24) is 0 Å². The molecule has 3 N–H and O–H groups in total. The molecule has 1 aromatic carbocycles. The number of nitrogens with one attached hydrogen (secondary N) is 1. The summed E-state index contributed by atoms with van der Waals surface area (Å²) in [7, 11) is 0. The Balaban J connectivity index is 1.49. The lowest BCUT2D eigenvalue weighted by Crippen LogP contribution is -2.26. The number of anilines is 1. The summed E-state index contributed by atoms with van der Waals surface area (Å²) in [5, 5.41) is 21.1. The third-order valence-corrected chi connectivity index (χ3v) is 5.87. The molecule has 6 nitrogen and oxygen atoms in total. The zero-order valence-corrected chi connectivity index (χ0v) is 18.0. The quantitative estimate of drug-likeness (QED) is 0.290. The van der Waals surface area contributed by atoms with Gasteiger partial charge in [0.05, 0.1) is 5.56 Å². The van der Waals surface area contributed by atoms with Gasteiger partial charge in [0.15, 0.2) is 6.10 Å². The number of hydrogen-bond donors (Lipinski definition) is 3. The van der Waals surface area contributed by atoms with Gasteiger partial charge in [-0.05, 0) is 36.6 Å². The smallest absolute Gasteiger partial charge is 0.338 e. The SMILES string of the molecule is O=C(OCC(O)C(=O)O)c1ccc(NCCCCCCCCC2CCCCC2)cc1. The predicted octanol–water partition coefficient (Wildman–Crippen LogP) is 5.01. The van der Waals surface area contributed by atoms with Crippen molar-refractivity contribution in [2.45, 2.75) is 83.2 Å². The molecule has 1 unspecified atom stereocenters. The van der Waals surface area contributed by atoms with Gasteiger partial charge >= 0.3 is 11.9 Å². The van der Waals surface area contributed by atoms with E-state index in [4.69, 9.17) is 14.9 Å². The molecule has 1 aromatic rings. The second kappa shape index (κ2) is 14.0. The summed E-state index contributed by atoms with van der Waals surface area (Å²) in [6.07, 6.45) is 14.7. The van der Waals surface area contributed by atoms with Gasteiger partial charge in [0.25, 0.3) is 0 Å². The highest BCUT2D eigenvalue weighted by Gasteiger charge is 2.16. The van der Waals surface area contributed by atoms with Gasteiger partial charge in [-0.3, -0.25) is 0 Å². The van der Waals surface area contributed by atoms with E-state index in [0.29, 0.717) is 5.56 Å². The number of rotatable bonds is 14. The Morgan fingerprint density at radius 2 is 1.60 bits per heavy atom. The Bertz CT molecular complexity index is 625. The number of aliphatic hydroxyl groups is 1. The summed E-state index contributed by atoms with van der Waals surface area (Å²) in [4.78, 5) is 22.3. The minimum atomic E-state index is -1.70.